The van der Waals surface area contributed by atoms with Gasteiger partial charge in [-0.3, -0.25) is 4.57 Å². The number of benzene rings is 1. The Labute approximate surface area is 90.7 Å². The van der Waals surface area contributed by atoms with Gasteiger partial charge in [0.1, 0.15) is 11.5 Å². The molecule has 0 atom stereocenters. The van der Waals surface area contributed by atoms with Crippen molar-refractivity contribution in [3.8, 4) is 0 Å². The van der Waals surface area contributed by atoms with Gasteiger partial charge in [-0.15, -0.1) is 0 Å². The summed E-state index contributed by atoms with van der Waals surface area (Å²) in [5, 5.41) is 0. The summed E-state index contributed by atoms with van der Waals surface area (Å²) in [5.41, 5.74) is 7.73. The summed E-state index contributed by atoms with van der Waals surface area (Å²) >= 11 is 0. The van der Waals surface area contributed by atoms with Gasteiger partial charge in [-0.25, -0.2) is 14.2 Å². The van der Waals surface area contributed by atoms with Crippen molar-refractivity contribution in [3.05, 3.63) is 40.8 Å². The number of para-hydroxylation sites is 2. The first-order chi connectivity index (χ1) is 7.68. The third-order valence-electron chi connectivity index (χ3n) is 2.73. The molecule has 0 unspecified atom stereocenters. The van der Waals surface area contributed by atoms with Crippen molar-refractivity contribution in [1.82, 2.24) is 14.0 Å². The van der Waals surface area contributed by atoms with E-state index in [1.165, 1.54) is 4.57 Å². The van der Waals surface area contributed by atoms with Crippen molar-refractivity contribution in [1.29, 1.82) is 0 Å². The van der Waals surface area contributed by atoms with E-state index in [1.807, 2.05) is 24.3 Å². The zero-order valence-corrected chi connectivity index (χ0v) is 8.71. The smallest absolute Gasteiger partial charge is 0.335 e. The number of hydrogen-bond donors (Lipinski definition) is 1. The molecule has 0 aliphatic rings. The molecule has 0 aliphatic heterocycles. The zero-order chi connectivity index (χ0) is 11.3. The monoisotopic (exact) mass is 214 g/mol. The van der Waals surface area contributed by atoms with E-state index in [2.05, 4.69) is 4.98 Å². The van der Waals surface area contributed by atoms with Crippen LogP contribution in [-0.4, -0.2) is 14.0 Å². The van der Waals surface area contributed by atoms with E-state index < -0.39 is 0 Å². The Morgan fingerprint density at radius 2 is 2.06 bits per heavy atom. The summed E-state index contributed by atoms with van der Waals surface area (Å²) in [7, 11) is 1.64. The highest BCUT2D eigenvalue weighted by Crippen LogP contribution is 2.15. The number of nitrogen functional groups attached to an aromatic ring is 1. The minimum atomic E-state index is -0.177. The lowest BCUT2D eigenvalue weighted by atomic mass is 10.3. The summed E-state index contributed by atoms with van der Waals surface area (Å²) in [6.45, 7) is 0. The van der Waals surface area contributed by atoms with Gasteiger partial charge in [0.15, 0.2) is 0 Å². The first kappa shape index (κ1) is 8.96. The summed E-state index contributed by atoms with van der Waals surface area (Å²) in [5.74, 6) is 0.410. The molecule has 0 fully saturated rings. The second-order valence-corrected chi connectivity index (χ2v) is 3.70. The Balaban J connectivity index is 2.68. The highest BCUT2D eigenvalue weighted by Gasteiger charge is 2.09. The van der Waals surface area contributed by atoms with Gasteiger partial charge in [0.25, 0.3) is 0 Å². The van der Waals surface area contributed by atoms with E-state index in [1.54, 1.807) is 17.5 Å². The van der Waals surface area contributed by atoms with Crippen LogP contribution in [0.2, 0.25) is 0 Å². The maximum atomic E-state index is 12.0. The molecule has 0 spiro atoms. The number of fused-ring (bicyclic) bond motifs is 3. The fraction of sp³-hybridized carbons (Fsp3) is 0.0909. The van der Waals surface area contributed by atoms with Crippen LogP contribution in [0.15, 0.2) is 35.1 Å². The maximum absolute atomic E-state index is 12.0. The molecule has 0 saturated heterocycles. The number of anilines is 1. The van der Waals surface area contributed by atoms with Gasteiger partial charge in [0, 0.05) is 13.1 Å². The van der Waals surface area contributed by atoms with E-state index in [-0.39, 0.29) is 5.69 Å². The van der Waals surface area contributed by atoms with Crippen LogP contribution in [0.25, 0.3) is 16.7 Å². The Kier molecular flexibility index (Phi) is 1.60. The van der Waals surface area contributed by atoms with Crippen molar-refractivity contribution in [2.24, 2.45) is 7.05 Å². The van der Waals surface area contributed by atoms with Gasteiger partial charge in [0.2, 0.25) is 0 Å². The Morgan fingerprint density at radius 1 is 1.31 bits per heavy atom. The number of rotatable bonds is 0. The summed E-state index contributed by atoms with van der Waals surface area (Å²) < 4.78 is 2.97. The van der Waals surface area contributed by atoms with Crippen LogP contribution in [0.1, 0.15) is 0 Å². The molecule has 16 heavy (non-hydrogen) atoms. The summed E-state index contributed by atoms with van der Waals surface area (Å²) in [4.78, 5) is 16.4. The van der Waals surface area contributed by atoms with Crippen molar-refractivity contribution in [2.45, 2.75) is 0 Å². The molecular weight excluding hydrogens is 204 g/mol. The molecule has 2 N–H and O–H groups in total. The number of nitrogens with zero attached hydrogens (tertiary/aromatic N) is 3. The third-order valence-corrected chi connectivity index (χ3v) is 2.73. The molecule has 0 radical (unpaired) electrons. The van der Waals surface area contributed by atoms with Crippen LogP contribution in [0.3, 0.4) is 0 Å². The lowest BCUT2D eigenvalue weighted by molar-refractivity contribution is 0.810. The lowest BCUT2D eigenvalue weighted by Crippen LogP contribution is -2.25. The molecule has 80 valence electrons. The Morgan fingerprint density at radius 3 is 2.88 bits per heavy atom. The second kappa shape index (κ2) is 2.85. The van der Waals surface area contributed by atoms with Gasteiger partial charge in [-0.2, -0.15) is 0 Å². The molecule has 1 aromatic carbocycles. The molecule has 0 bridgehead atoms. The fourth-order valence-electron chi connectivity index (χ4n) is 1.83. The van der Waals surface area contributed by atoms with Crippen LogP contribution < -0.4 is 11.4 Å². The molecule has 5 nitrogen and oxygen atoms in total. The fourth-order valence-corrected chi connectivity index (χ4v) is 1.83. The van der Waals surface area contributed by atoms with E-state index in [0.717, 1.165) is 11.0 Å². The first-order valence-corrected chi connectivity index (χ1v) is 4.91. The van der Waals surface area contributed by atoms with Crippen molar-refractivity contribution in [3.63, 3.8) is 0 Å². The van der Waals surface area contributed by atoms with Gasteiger partial charge in [-0.1, -0.05) is 12.1 Å². The van der Waals surface area contributed by atoms with E-state index in [0.29, 0.717) is 11.5 Å². The predicted molar refractivity (Wildman–Crippen MR) is 62.4 cm³/mol. The second-order valence-electron chi connectivity index (χ2n) is 3.70. The number of hydrogen-bond acceptors (Lipinski definition) is 3. The molecule has 3 rings (SSSR count). The molecule has 0 amide bonds. The van der Waals surface area contributed by atoms with Crippen molar-refractivity contribution < 1.29 is 0 Å². The van der Waals surface area contributed by atoms with E-state index in [4.69, 9.17) is 5.73 Å². The van der Waals surface area contributed by atoms with Crippen LogP contribution in [-0.2, 0) is 7.05 Å². The predicted octanol–water partition coefficient (Wildman–Crippen LogP) is 0.768. The maximum Gasteiger partial charge on any atom is 0.335 e. The van der Waals surface area contributed by atoms with Crippen LogP contribution in [0.5, 0.6) is 0 Å². The molecule has 3 aromatic rings. The average Bonchev–Trinajstić information content (AvgIpc) is 2.64. The summed E-state index contributed by atoms with van der Waals surface area (Å²) in [6.07, 6.45) is 0. The summed E-state index contributed by atoms with van der Waals surface area (Å²) in [6, 6.07) is 9.21. The molecular formula is C11H10N4O. The molecule has 2 heterocycles. The molecule has 0 saturated carbocycles. The number of aromatic nitrogens is 3. The minimum Gasteiger partial charge on any atom is -0.385 e. The third kappa shape index (κ3) is 0.995. The largest absolute Gasteiger partial charge is 0.385 e. The van der Waals surface area contributed by atoms with Crippen molar-refractivity contribution in [2.75, 3.05) is 5.73 Å². The van der Waals surface area contributed by atoms with Crippen LogP contribution >= 0.6 is 0 Å². The zero-order valence-electron chi connectivity index (χ0n) is 8.71. The number of imidazole rings is 1. The van der Waals surface area contributed by atoms with Gasteiger partial charge < -0.3 is 5.73 Å². The highest BCUT2D eigenvalue weighted by molar-refractivity contribution is 5.80. The Bertz CT molecular complexity index is 754. The average molecular weight is 214 g/mol. The van der Waals surface area contributed by atoms with Gasteiger partial charge >= 0.3 is 5.69 Å². The lowest BCUT2D eigenvalue weighted by Gasteiger charge is -2.03. The van der Waals surface area contributed by atoms with Gasteiger partial charge in [0.05, 0.1) is 11.0 Å². The first-order valence-electron chi connectivity index (χ1n) is 4.91. The Hall–Kier alpha value is -2.30. The molecule has 0 aliphatic carbocycles. The standard InChI is InChI=1S/C11H10N4O/c1-14-9(12)6-10-13-7-4-2-3-5-8(7)15(10)11(14)16/h2-6H,12H2,1H3. The molecule has 2 aromatic heterocycles. The molecule has 5 heteroatoms. The van der Waals surface area contributed by atoms with E-state index in [9.17, 15) is 4.79 Å². The van der Waals surface area contributed by atoms with Crippen LogP contribution in [0, 0.1) is 0 Å². The number of nitrogens with two attached hydrogens (primary N) is 1. The van der Waals surface area contributed by atoms with Crippen molar-refractivity contribution >= 4 is 22.5 Å². The SMILES string of the molecule is Cn1c(N)cc2nc3ccccc3n2c1=O. The topological polar surface area (TPSA) is 65.3 Å². The van der Waals surface area contributed by atoms with Crippen LogP contribution in [0.4, 0.5) is 5.82 Å². The highest BCUT2D eigenvalue weighted by atomic mass is 16.1. The normalized spacial score (nSPS) is 11.3. The van der Waals surface area contributed by atoms with Gasteiger partial charge in [-0.05, 0) is 12.1 Å². The minimum absolute atomic E-state index is 0.177. The quantitative estimate of drug-likeness (QED) is 0.601. The van der Waals surface area contributed by atoms with E-state index >= 15 is 0 Å².